The van der Waals surface area contributed by atoms with Crippen LogP contribution in [0.5, 0.6) is 5.75 Å². The minimum Gasteiger partial charge on any atom is -0.490 e. The summed E-state index contributed by atoms with van der Waals surface area (Å²) in [6, 6.07) is 3.75. The first-order chi connectivity index (χ1) is 12.4. The smallest absolute Gasteiger partial charge is 0.191 e. The van der Waals surface area contributed by atoms with Gasteiger partial charge < -0.3 is 24.8 Å². The van der Waals surface area contributed by atoms with Crippen LogP contribution in [0.4, 0.5) is 0 Å². The normalized spacial score (nSPS) is 17.5. The number of hydrogen-bond donors (Lipinski definition) is 2. The van der Waals surface area contributed by atoms with Crippen molar-refractivity contribution in [2.45, 2.75) is 32.3 Å². The zero-order chi connectivity index (χ0) is 17.6. The SMILES string of the molecule is CCNC(=NCCCOCC1CCCO1)NCCOc1cccnc1. The van der Waals surface area contributed by atoms with E-state index in [0.29, 0.717) is 32.5 Å². The van der Waals surface area contributed by atoms with Gasteiger partial charge in [-0.25, -0.2) is 0 Å². The molecule has 140 valence electrons. The van der Waals surface area contributed by atoms with Crippen LogP contribution in [0, 0.1) is 0 Å². The first-order valence-corrected chi connectivity index (χ1v) is 9.13. The van der Waals surface area contributed by atoms with Gasteiger partial charge in [-0.1, -0.05) is 0 Å². The summed E-state index contributed by atoms with van der Waals surface area (Å²) >= 11 is 0. The van der Waals surface area contributed by atoms with Crippen LogP contribution >= 0.6 is 0 Å². The summed E-state index contributed by atoms with van der Waals surface area (Å²) in [6.07, 6.45) is 6.90. The molecule has 25 heavy (non-hydrogen) atoms. The fourth-order valence-corrected chi connectivity index (χ4v) is 2.46. The van der Waals surface area contributed by atoms with E-state index < -0.39 is 0 Å². The summed E-state index contributed by atoms with van der Waals surface area (Å²) in [4.78, 5) is 8.56. The molecule has 7 nitrogen and oxygen atoms in total. The van der Waals surface area contributed by atoms with E-state index in [9.17, 15) is 0 Å². The van der Waals surface area contributed by atoms with Gasteiger partial charge in [-0.05, 0) is 38.3 Å². The van der Waals surface area contributed by atoms with Crippen molar-refractivity contribution in [2.24, 2.45) is 4.99 Å². The summed E-state index contributed by atoms with van der Waals surface area (Å²) in [6.45, 7) is 7.13. The maximum absolute atomic E-state index is 5.65. The molecule has 1 aliphatic heterocycles. The van der Waals surface area contributed by atoms with Crippen LogP contribution in [0.15, 0.2) is 29.5 Å². The minimum absolute atomic E-state index is 0.294. The van der Waals surface area contributed by atoms with E-state index in [1.807, 2.05) is 19.1 Å². The van der Waals surface area contributed by atoms with E-state index in [0.717, 1.165) is 50.7 Å². The van der Waals surface area contributed by atoms with Gasteiger partial charge in [-0.15, -0.1) is 0 Å². The molecule has 2 N–H and O–H groups in total. The van der Waals surface area contributed by atoms with Gasteiger partial charge in [0, 0.05) is 32.5 Å². The molecule has 0 aromatic carbocycles. The molecule has 2 rings (SSSR count). The number of aliphatic imine (C=N–C) groups is 1. The van der Waals surface area contributed by atoms with Gasteiger partial charge in [0.05, 0.1) is 25.5 Å². The molecular formula is C18H30N4O3. The molecule has 2 heterocycles. The van der Waals surface area contributed by atoms with Crippen LogP contribution in [-0.2, 0) is 9.47 Å². The van der Waals surface area contributed by atoms with Gasteiger partial charge >= 0.3 is 0 Å². The van der Waals surface area contributed by atoms with E-state index in [1.165, 1.54) is 0 Å². The molecule has 1 atom stereocenters. The standard InChI is InChI=1S/C18H30N4O3/c1-2-20-18(22-10-13-25-16-6-3-8-19-14-16)21-9-5-11-23-15-17-7-4-12-24-17/h3,6,8,14,17H,2,4-5,7,9-13,15H2,1H3,(H2,20,21,22). The van der Waals surface area contributed by atoms with Crippen LogP contribution in [0.25, 0.3) is 0 Å². The first kappa shape index (κ1) is 19.5. The Hall–Kier alpha value is -1.86. The van der Waals surface area contributed by atoms with Crippen molar-refractivity contribution in [3.8, 4) is 5.75 Å². The summed E-state index contributed by atoms with van der Waals surface area (Å²) in [5.41, 5.74) is 0. The second kappa shape index (κ2) is 12.5. The Bertz CT molecular complexity index is 478. The van der Waals surface area contributed by atoms with Crippen molar-refractivity contribution in [3.05, 3.63) is 24.5 Å². The lowest BCUT2D eigenvalue weighted by atomic mass is 10.2. The molecule has 0 saturated carbocycles. The molecule has 1 unspecified atom stereocenters. The lowest BCUT2D eigenvalue weighted by molar-refractivity contribution is 0.0171. The quantitative estimate of drug-likeness (QED) is 0.359. The molecule has 1 aromatic heterocycles. The average Bonchev–Trinajstić information content (AvgIpc) is 3.16. The van der Waals surface area contributed by atoms with Crippen LogP contribution in [-0.4, -0.2) is 63.1 Å². The van der Waals surface area contributed by atoms with Crippen molar-refractivity contribution in [2.75, 3.05) is 46.1 Å². The predicted molar refractivity (Wildman–Crippen MR) is 98.1 cm³/mol. The number of hydrogen-bond acceptors (Lipinski definition) is 5. The van der Waals surface area contributed by atoms with E-state index in [1.54, 1.807) is 12.4 Å². The summed E-state index contributed by atoms with van der Waals surface area (Å²) in [5.74, 6) is 1.58. The Morgan fingerprint density at radius 1 is 1.40 bits per heavy atom. The van der Waals surface area contributed by atoms with E-state index in [2.05, 4.69) is 20.6 Å². The number of nitrogens with one attached hydrogen (secondary N) is 2. The number of nitrogens with zero attached hydrogens (tertiary/aromatic N) is 2. The van der Waals surface area contributed by atoms with Crippen LogP contribution in [0.1, 0.15) is 26.2 Å². The first-order valence-electron chi connectivity index (χ1n) is 9.13. The van der Waals surface area contributed by atoms with E-state index in [-0.39, 0.29) is 0 Å². The van der Waals surface area contributed by atoms with Crippen molar-refractivity contribution < 1.29 is 14.2 Å². The number of aromatic nitrogens is 1. The second-order valence-electron chi connectivity index (χ2n) is 5.79. The summed E-state index contributed by atoms with van der Waals surface area (Å²) < 4.78 is 16.8. The average molecular weight is 350 g/mol. The molecule has 1 saturated heterocycles. The predicted octanol–water partition coefficient (Wildman–Crippen LogP) is 1.60. The largest absolute Gasteiger partial charge is 0.490 e. The highest BCUT2D eigenvalue weighted by atomic mass is 16.5. The summed E-state index contributed by atoms with van der Waals surface area (Å²) in [7, 11) is 0. The Kier molecular flexibility index (Phi) is 9.73. The molecule has 1 fully saturated rings. The van der Waals surface area contributed by atoms with Gasteiger partial charge in [-0.2, -0.15) is 0 Å². The molecule has 0 amide bonds. The molecule has 7 heteroatoms. The van der Waals surface area contributed by atoms with Gasteiger partial charge in [0.15, 0.2) is 5.96 Å². The fraction of sp³-hybridized carbons (Fsp3) is 0.667. The van der Waals surface area contributed by atoms with Gasteiger partial charge in [0.2, 0.25) is 0 Å². The maximum Gasteiger partial charge on any atom is 0.191 e. The summed E-state index contributed by atoms with van der Waals surface area (Å²) in [5, 5.41) is 6.49. The van der Waals surface area contributed by atoms with Crippen molar-refractivity contribution in [1.29, 1.82) is 0 Å². The van der Waals surface area contributed by atoms with Crippen molar-refractivity contribution >= 4 is 5.96 Å². The van der Waals surface area contributed by atoms with Gasteiger partial charge in [0.25, 0.3) is 0 Å². The lowest BCUT2D eigenvalue weighted by Crippen LogP contribution is -2.39. The maximum atomic E-state index is 5.65. The molecule has 0 aliphatic carbocycles. The Labute approximate surface area is 150 Å². The third kappa shape index (κ3) is 8.69. The minimum atomic E-state index is 0.294. The number of rotatable bonds is 11. The van der Waals surface area contributed by atoms with Crippen LogP contribution in [0.2, 0.25) is 0 Å². The molecule has 0 bridgehead atoms. The molecular weight excluding hydrogens is 320 g/mol. The van der Waals surface area contributed by atoms with Gasteiger partial charge in [0.1, 0.15) is 12.4 Å². The molecule has 0 spiro atoms. The lowest BCUT2D eigenvalue weighted by Gasteiger charge is -2.12. The van der Waals surface area contributed by atoms with Crippen LogP contribution in [0.3, 0.4) is 0 Å². The Morgan fingerprint density at radius 2 is 2.36 bits per heavy atom. The molecule has 1 aliphatic rings. The topological polar surface area (TPSA) is 77.0 Å². The second-order valence-corrected chi connectivity index (χ2v) is 5.79. The highest BCUT2D eigenvalue weighted by molar-refractivity contribution is 5.79. The Balaban J connectivity index is 1.54. The molecule has 1 aromatic rings. The molecule has 0 radical (unpaired) electrons. The number of ether oxygens (including phenoxy) is 3. The Morgan fingerprint density at radius 3 is 3.12 bits per heavy atom. The van der Waals surface area contributed by atoms with E-state index >= 15 is 0 Å². The highest BCUT2D eigenvalue weighted by Crippen LogP contribution is 2.11. The van der Waals surface area contributed by atoms with Crippen molar-refractivity contribution in [3.63, 3.8) is 0 Å². The van der Waals surface area contributed by atoms with Crippen molar-refractivity contribution in [1.82, 2.24) is 15.6 Å². The van der Waals surface area contributed by atoms with Gasteiger partial charge in [-0.3, -0.25) is 9.98 Å². The third-order valence-electron chi connectivity index (χ3n) is 3.69. The zero-order valence-corrected chi connectivity index (χ0v) is 15.1. The van der Waals surface area contributed by atoms with E-state index in [4.69, 9.17) is 14.2 Å². The zero-order valence-electron chi connectivity index (χ0n) is 15.1. The fourth-order valence-electron chi connectivity index (χ4n) is 2.46. The third-order valence-corrected chi connectivity index (χ3v) is 3.69. The van der Waals surface area contributed by atoms with Crippen LogP contribution < -0.4 is 15.4 Å². The number of guanidine groups is 1. The number of pyridine rings is 1. The highest BCUT2D eigenvalue weighted by Gasteiger charge is 2.14. The monoisotopic (exact) mass is 350 g/mol.